The van der Waals surface area contributed by atoms with Crippen molar-refractivity contribution in [2.75, 3.05) is 6.61 Å². The molecule has 0 unspecified atom stereocenters. The second kappa shape index (κ2) is 6.96. The molecule has 0 radical (unpaired) electrons. The highest BCUT2D eigenvalue weighted by Crippen LogP contribution is 2.35. The van der Waals surface area contributed by atoms with Gasteiger partial charge >= 0.3 is 5.97 Å². The van der Waals surface area contributed by atoms with Crippen molar-refractivity contribution >= 4 is 28.6 Å². The second-order valence-electron chi connectivity index (χ2n) is 6.50. The molecule has 2 heterocycles. The van der Waals surface area contributed by atoms with E-state index in [0.29, 0.717) is 16.8 Å². The number of hydrogen-bond acceptors (Lipinski definition) is 3. The van der Waals surface area contributed by atoms with Crippen LogP contribution in [-0.4, -0.2) is 17.1 Å². The number of hydrogen-bond donors (Lipinski definition) is 1. The van der Waals surface area contributed by atoms with Gasteiger partial charge in [-0.05, 0) is 42.3 Å². The van der Waals surface area contributed by atoms with Gasteiger partial charge < -0.3 is 15.0 Å². The SMILES string of the molecule is CCOC(=O)C1=C(N)c2cc3c(F)c(F)ccc3n2C/C1=C\c1ccccc1. The average molecular weight is 380 g/mol. The summed E-state index contributed by atoms with van der Waals surface area (Å²) in [4.78, 5) is 12.6. The van der Waals surface area contributed by atoms with Gasteiger partial charge in [-0.2, -0.15) is 0 Å². The Bertz CT molecular complexity index is 1140. The van der Waals surface area contributed by atoms with Crippen LogP contribution in [0.5, 0.6) is 0 Å². The number of carbonyl (C=O) groups is 1. The molecule has 0 spiro atoms. The lowest BCUT2D eigenvalue weighted by Crippen LogP contribution is -2.23. The van der Waals surface area contributed by atoms with Crippen molar-refractivity contribution < 1.29 is 18.3 Å². The van der Waals surface area contributed by atoms with Crippen LogP contribution in [0.4, 0.5) is 8.78 Å². The first-order valence-electron chi connectivity index (χ1n) is 8.91. The van der Waals surface area contributed by atoms with Gasteiger partial charge in [0.15, 0.2) is 11.6 Å². The van der Waals surface area contributed by atoms with Gasteiger partial charge in [0, 0.05) is 11.9 Å². The molecule has 2 aromatic carbocycles. The molecule has 0 atom stereocenters. The summed E-state index contributed by atoms with van der Waals surface area (Å²) in [5, 5.41) is 0.127. The van der Waals surface area contributed by atoms with Crippen molar-refractivity contribution in [2.45, 2.75) is 13.5 Å². The number of aromatic nitrogens is 1. The van der Waals surface area contributed by atoms with E-state index in [9.17, 15) is 13.6 Å². The molecule has 142 valence electrons. The van der Waals surface area contributed by atoms with Crippen molar-refractivity contribution in [1.29, 1.82) is 0 Å². The minimum atomic E-state index is -0.932. The standard InChI is InChI=1S/C22H18F2N2O2/c1-2-28-22(27)19-14(10-13-6-4-3-5-7-13)12-26-17-9-8-16(23)20(24)15(17)11-18(26)21(19)25/h3-11H,2,12,25H2,1H3/b14-10+. The number of halogens is 2. The van der Waals surface area contributed by atoms with Crippen LogP contribution in [-0.2, 0) is 16.1 Å². The van der Waals surface area contributed by atoms with Crippen LogP contribution in [0.15, 0.2) is 59.7 Å². The van der Waals surface area contributed by atoms with Gasteiger partial charge in [-0.25, -0.2) is 13.6 Å². The Hall–Kier alpha value is -3.41. The minimum Gasteiger partial charge on any atom is -0.462 e. The smallest absolute Gasteiger partial charge is 0.340 e. The van der Waals surface area contributed by atoms with Crippen molar-refractivity contribution in [3.63, 3.8) is 0 Å². The summed E-state index contributed by atoms with van der Waals surface area (Å²) in [7, 11) is 0. The zero-order chi connectivity index (χ0) is 19.8. The molecule has 28 heavy (non-hydrogen) atoms. The molecule has 0 aliphatic carbocycles. The van der Waals surface area contributed by atoms with Gasteiger partial charge in [0.2, 0.25) is 0 Å². The Labute approximate surface area is 160 Å². The highest BCUT2D eigenvalue weighted by molar-refractivity contribution is 6.04. The quantitative estimate of drug-likeness (QED) is 0.691. The fourth-order valence-electron chi connectivity index (χ4n) is 3.53. The van der Waals surface area contributed by atoms with E-state index in [2.05, 4.69) is 0 Å². The molecule has 0 saturated carbocycles. The Balaban J connectivity index is 1.96. The summed E-state index contributed by atoms with van der Waals surface area (Å²) in [6, 6.07) is 13.6. The number of esters is 1. The van der Waals surface area contributed by atoms with Crippen LogP contribution in [0.2, 0.25) is 0 Å². The fourth-order valence-corrected chi connectivity index (χ4v) is 3.53. The van der Waals surface area contributed by atoms with Crippen molar-refractivity contribution in [3.8, 4) is 0 Å². The summed E-state index contributed by atoms with van der Waals surface area (Å²) in [6.07, 6.45) is 1.85. The summed E-state index contributed by atoms with van der Waals surface area (Å²) >= 11 is 0. The zero-order valence-electron chi connectivity index (χ0n) is 15.2. The van der Waals surface area contributed by atoms with Gasteiger partial charge in [-0.3, -0.25) is 0 Å². The number of rotatable bonds is 3. The van der Waals surface area contributed by atoms with Crippen LogP contribution in [0, 0.1) is 11.6 Å². The lowest BCUT2D eigenvalue weighted by Gasteiger charge is -2.23. The topological polar surface area (TPSA) is 57.2 Å². The monoisotopic (exact) mass is 380 g/mol. The average Bonchev–Trinajstić information content (AvgIpc) is 3.05. The van der Waals surface area contributed by atoms with Crippen LogP contribution >= 0.6 is 0 Å². The predicted molar refractivity (Wildman–Crippen MR) is 104 cm³/mol. The van der Waals surface area contributed by atoms with Gasteiger partial charge in [-0.15, -0.1) is 0 Å². The normalized spacial score (nSPS) is 15.2. The van der Waals surface area contributed by atoms with E-state index < -0.39 is 17.6 Å². The molecule has 4 rings (SSSR count). The molecule has 4 nitrogen and oxygen atoms in total. The molecular weight excluding hydrogens is 362 g/mol. The van der Waals surface area contributed by atoms with Gasteiger partial charge in [-0.1, -0.05) is 30.3 Å². The number of ether oxygens (including phenoxy) is 1. The highest BCUT2D eigenvalue weighted by Gasteiger charge is 2.29. The summed E-state index contributed by atoms with van der Waals surface area (Å²) in [5.41, 5.74) is 9.27. The Morgan fingerprint density at radius 3 is 2.68 bits per heavy atom. The number of nitrogens with zero attached hydrogens (tertiary/aromatic N) is 1. The predicted octanol–water partition coefficient (Wildman–Crippen LogP) is 4.25. The maximum atomic E-state index is 14.3. The molecule has 0 fully saturated rings. The van der Waals surface area contributed by atoms with Gasteiger partial charge in [0.1, 0.15) is 0 Å². The molecule has 3 aromatic rings. The van der Waals surface area contributed by atoms with Crippen LogP contribution in [0.25, 0.3) is 22.7 Å². The first-order chi connectivity index (χ1) is 13.5. The Morgan fingerprint density at radius 1 is 1.21 bits per heavy atom. The third-order valence-corrected chi connectivity index (χ3v) is 4.79. The molecule has 0 amide bonds. The van der Waals surface area contributed by atoms with E-state index in [1.54, 1.807) is 11.5 Å². The molecule has 1 aromatic heterocycles. The molecule has 0 bridgehead atoms. The third kappa shape index (κ3) is 2.87. The van der Waals surface area contributed by atoms with Gasteiger partial charge in [0.05, 0.1) is 29.1 Å². The Kier molecular flexibility index (Phi) is 4.47. The third-order valence-electron chi connectivity index (χ3n) is 4.79. The van der Waals surface area contributed by atoms with E-state index in [0.717, 1.165) is 11.6 Å². The van der Waals surface area contributed by atoms with E-state index in [-0.39, 0.29) is 29.8 Å². The summed E-state index contributed by atoms with van der Waals surface area (Å²) in [6.45, 7) is 2.21. The molecule has 1 aliphatic heterocycles. The van der Waals surface area contributed by atoms with Crippen LogP contribution in [0.1, 0.15) is 18.2 Å². The molecule has 0 saturated heterocycles. The minimum absolute atomic E-state index is 0.127. The van der Waals surface area contributed by atoms with Crippen molar-refractivity contribution in [1.82, 2.24) is 4.57 Å². The van der Waals surface area contributed by atoms with Crippen LogP contribution < -0.4 is 5.73 Å². The number of nitrogens with two attached hydrogens (primary N) is 1. The van der Waals surface area contributed by atoms with E-state index in [1.165, 1.54) is 12.1 Å². The highest BCUT2D eigenvalue weighted by atomic mass is 19.2. The maximum Gasteiger partial charge on any atom is 0.340 e. The fraction of sp³-hybridized carbons (Fsp3) is 0.136. The number of carbonyl (C=O) groups excluding carboxylic acids is 1. The summed E-state index contributed by atoms with van der Waals surface area (Å²) in [5.74, 6) is -2.40. The largest absolute Gasteiger partial charge is 0.462 e. The van der Waals surface area contributed by atoms with Crippen LogP contribution in [0.3, 0.4) is 0 Å². The Morgan fingerprint density at radius 2 is 1.96 bits per heavy atom. The molecule has 6 heteroatoms. The number of benzene rings is 2. The lowest BCUT2D eigenvalue weighted by atomic mass is 9.96. The number of fused-ring (bicyclic) bond motifs is 3. The van der Waals surface area contributed by atoms with E-state index in [4.69, 9.17) is 10.5 Å². The van der Waals surface area contributed by atoms with Crippen molar-refractivity contribution in [2.24, 2.45) is 5.73 Å². The first-order valence-corrected chi connectivity index (χ1v) is 8.91. The maximum absolute atomic E-state index is 14.3. The zero-order valence-corrected chi connectivity index (χ0v) is 15.2. The first kappa shape index (κ1) is 18.0. The van der Waals surface area contributed by atoms with E-state index >= 15 is 0 Å². The molecule has 1 aliphatic rings. The summed E-state index contributed by atoms with van der Waals surface area (Å²) < 4.78 is 34.9. The van der Waals surface area contributed by atoms with E-state index in [1.807, 2.05) is 36.4 Å². The second-order valence-corrected chi connectivity index (χ2v) is 6.50. The molecular formula is C22H18F2N2O2. The van der Waals surface area contributed by atoms with Gasteiger partial charge in [0.25, 0.3) is 0 Å². The lowest BCUT2D eigenvalue weighted by molar-refractivity contribution is -0.138. The van der Waals surface area contributed by atoms with Crippen molar-refractivity contribution in [3.05, 3.63) is 82.6 Å². The molecule has 2 N–H and O–H groups in total.